The van der Waals surface area contributed by atoms with Gasteiger partial charge in [0.1, 0.15) is 5.75 Å². The highest BCUT2D eigenvalue weighted by molar-refractivity contribution is 6.03. The number of phenolic OH excluding ortho intramolecular Hbond substituents is 1. The number of para-hydroxylation sites is 1. The Bertz CT molecular complexity index is 927. The summed E-state index contributed by atoms with van der Waals surface area (Å²) in [7, 11) is 0. The quantitative estimate of drug-likeness (QED) is 0.547. The van der Waals surface area contributed by atoms with Crippen LogP contribution in [0.1, 0.15) is 24.5 Å². The van der Waals surface area contributed by atoms with Crippen molar-refractivity contribution < 1.29 is 9.90 Å². The average molecular weight is 332 g/mol. The molecule has 0 spiro atoms. The van der Waals surface area contributed by atoms with Gasteiger partial charge in [-0.05, 0) is 34.9 Å². The number of amides is 1. The van der Waals surface area contributed by atoms with E-state index in [-0.39, 0.29) is 18.1 Å². The summed E-state index contributed by atoms with van der Waals surface area (Å²) in [6.45, 7) is 1.93. The van der Waals surface area contributed by atoms with Gasteiger partial charge < -0.3 is 5.11 Å². The molecule has 4 heteroatoms. The number of carbonyl (C=O) groups excluding carboxylic acids is 1. The van der Waals surface area contributed by atoms with Gasteiger partial charge in [0.2, 0.25) is 5.91 Å². The molecule has 0 fully saturated rings. The van der Waals surface area contributed by atoms with Crippen LogP contribution >= 0.6 is 0 Å². The Balaban J connectivity index is 1.77. The molecule has 0 aromatic heterocycles. The Morgan fingerprint density at radius 3 is 2.52 bits per heavy atom. The van der Waals surface area contributed by atoms with Gasteiger partial charge >= 0.3 is 0 Å². The summed E-state index contributed by atoms with van der Waals surface area (Å²) < 4.78 is 0. The van der Waals surface area contributed by atoms with Crippen molar-refractivity contribution in [3.05, 3.63) is 77.9 Å². The van der Waals surface area contributed by atoms with Crippen molar-refractivity contribution in [2.75, 3.05) is 0 Å². The number of aromatic hydroxyl groups is 1. The molecule has 0 radical (unpaired) electrons. The second-order valence-corrected chi connectivity index (χ2v) is 5.78. The highest BCUT2D eigenvalue weighted by Gasteiger charge is 2.09. The minimum Gasteiger partial charge on any atom is -0.507 e. The molecule has 0 aliphatic carbocycles. The van der Waals surface area contributed by atoms with E-state index in [0.717, 1.165) is 16.3 Å². The Hall–Kier alpha value is -3.14. The number of nitrogens with one attached hydrogen (secondary N) is 1. The maximum atomic E-state index is 12.3. The van der Waals surface area contributed by atoms with Crippen molar-refractivity contribution in [3.8, 4) is 5.75 Å². The average Bonchev–Trinajstić information content (AvgIpc) is 2.64. The second-order valence-electron chi connectivity index (χ2n) is 5.78. The van der Waals surface area contributed by atoms with Crippen LogP contribution in [0.5, 0.6) is 5.75 Å². The van der Waals surface area contributed by atoms with Crippen LogP contribution in [-0.4, -0.2) is 16.7 Å². The van der Waals surface area contributed by atoms with Gasteiger partial charge in [-0.1, -0.05) is 61.5 Å². The minimum absolute atomic E-state index is 0.159. The molecule has 0 bridgehead atoms. The third-order valence-electron chi connectivity index (χ3n) is 4.10. The van der Waals surface area contributed by atoms with Crippen LogP contribution in [0.15, 0.2) is 71.8 Å². The lowest BCUT2D eigenvalue weighted by Crippen LogP contribution is -2.22. The van der Waals surface area contributed by atoms with Gasteiger partial charge in [0, 0.05) is 5.56 Å². The van der Waals surface area contributed by atoms with Crippen LogP contribution in [0.25, 0.3) is 10.8 Å². The van der Waals surface area contributed by atoms with Gasteiger partial charge in [-0.2, -0.15) is 5.10 Å². The highest BCUT2D eigenvalue weighted by atomic mass is 16.3. The molecule has 3 aromatic carbocycles. The van der Waals surface area contributed by atoms with Crippen LogP contribution < -0.4 is 5.43 Å². The van der Waals surface area contributed by atoms with Crippen LogP contribution in [0.2, 0.25) is 0 Å². The second kappa shape index (κ2) is 7.62. The lowest BCUT2D eigenvalue weighted by atomic mass is 10.0. The molecule has 0 heterocycles. The predicted molar refractivity (Wildman–Crippen MR) is 101 cm³/mol. The van der Waals surface area contributed by atoms with E-state index in [2.05, 4.69) is 10.5 Å². The zero-order chi connectivity index (χ0) is 17.6. The number of carbonyl (C=O) groups is 1. The number of hydrazone groups is 1. The smallest absolute Gasteiger partial charge is 0.244 e. The standard InChI is InChI=1S/C21H20N2O2/c1-2-19(18-12-5-6-13-20(18)24)22-23-21(25)14-16-10-7-9-15-8-3-4-11-17(15)16/h3-13,24H,2,14H2,1H3,(H,23,25)/b22-19-. The first-order valence-electron chi connectivity index (χ1n) is 8.29. The number of benzene rings is 3. The van der Waals surface area contributed by atoms with Crippen molar-refractivity contribution in [2.45, 2.75) is 19.8 Å². The third kappa shape index (κ3) is 3.86. The molecule has 0 unspecified atom stereocenters. The van der Waals surface area contributed by atoms with Crippen molar-refractivity contribution in [3.63, 3.8) is 0 Å². The van der Waals surface area contributed by atoms with Gasteiger partial charge in [0.15, 0.2) is 0 Å². The number of nitrogens with zero attached hydrogens (tertiary/aromatic N) is 1. The molecule has 0 saturated heterocycles. The molecule has 1 amide bonds. The summed E-state index contributed by atoms with van der Waals surface area (Å²) in [5.41, 5.74) is 4.85. The van der Waals surface area contributed by atoms with E-state index in [0.29, 0.717) is 17.7 Å². The summed E-state index contributed by atoms with van der Waals surface area (Å²) in [6.07, 6.45) is 0.856. The van der Waals surface area contributed by atoms with E-state index < -0.39 is 0 Å². The molecule has 0 aliphatic heterocycles. The van der Waals surface area contributed by atoms with Gasteiger partial charge in [-0.25, -0.2) is 5.43 Å². The topological polar surface area (TPSA) is 61.7 Å². The molecular formula is C21H20N2O2. The maximum absolute atomic E-state index is 12.3. The molecule has 2 N–H and O–H groups in total. The number of fused-ring (bicyclic) bond motifs is 1. The molecule has 3 aromatic rings. The van der Waals surface area contributed by atoms with Crippen molar-refractivity contribution in [1.82, 2.24) is 5.43 Å². The fourth-order valence-corrected chi connectivity index (χ4v) is 2.84. The summed E-state index contributed by atoms with van der Waals surface area (Å²) in [4.78, 5) is 12.3. The first kappa shape index (κ1) is 16.7. The molecule has 0 atom stereocenters. The summed E-state index contributed by atoms with van der Waals surface area (Å²) >= 11 is 0. The van der Waals surface area contributed by atoms with Gasteiger partial charge in [0.05, 0.1) is 12.1 Å². The molecule has 126 valence electrons. The maximum Gasteiger partial charge on any atom is 0.244 e. The normalized spacial score (nSPS) is 11.5. The molecule has 0 saturated carbocycles. The van der Waals surface area contributed by atoms with E-state index >= 15 is 0 Å². The molecule has 4 nitrogen and oxygen atoms in total. The van der Waals surface area contributed by atoms with Crippen LogP contribution in [0.4, 0.5) is 0 Å². The first-order chi connectivity index (χ1) is 12.2. The Kier molecular flexibility index (Phi) is 5.09. The largest absolute Gasteiger partial charge is 0.507 e. The van der Waals surface area contributed by atoms with Gasteiger partial charge in [-0.15, -0.1) is 0 Å². The number of phenols is 1. The number of hydrogen-bond acceptors (Lipinski definition) is 3. The van der Waals surface area contributed by atoms with Crippen LogP contribution in [0.3, 0.4) is 0 Å². The predicted octanol–water partition coefficient (Wildman–Crippen LogP) is 4.02. The Morgan fingerprint density at radius 1 is 1.00 bits per heavy atom. The van der Waals surface area contributed by atoms with E-state index in [1.807, 2.05) is 55.5 Å². The fraction of sp³-hybridized carbons (Fsp3) is 0.143. The van der Waals surface area contributed by atoms with Crippen molar-refractivity contribution in [2.24, 2.45) is 5.10 Å². The molecular weight excluding hydrogens is 312 g/mol. The minimum atomic E-state index is -0.183. The zero-order valence-electron chi connectivity index (χ0n) is 14.1. The molecule has 25 heavy (non-hydrogen) atoms. The summed E-state index contributed by atoms with van der Waals surface area (Å²) in [5, 5.41) is 16.3. The summed E-state index contributed by atoms with van der Waals surface area (Å²) in [5.74, 6) is -0.0240. The van der Waals surface area contributed by atoms with E-state index in [1.54, 1.807) is 18.2 Å². The molecule has 3 rings (SSSR count). The summed E-state index contributed by atoms with van der Waals surface area (Å²) in [6, 6.07) is 20.9. The van der Waals surface area contributed by atoms with Crippen LogP contribution in [-0.2, 0) is 11.2 Å². The lowest BCUT2D eigenvalue weighted by Gasteiger charge is -2.08. The van der Waals surface area contributed by atoms with Gasteiger partial charge in [-0.3, -0.25) is 4.79 Å². The molecule has 0 aliphatic rings. The lowest BCUT2D eigenvalue weighted by molar-refractivity contribution is -0.120. The Morgan fingerprint density at radius 2 is 1.72 bits per heavy atom. The monoisotopic (exact) mass is 332 g/mol. The van der Waals surface area contributed by atoms with E-state index in [1.165, 1.54) is 0 Å². The highest BCUT2D eigenvalue weighted by Crippen LogP contribution is 2.19. The van der Waals surface area contributed by atoms with Crippen LogP contribution in [0, 0.1) is 0 Å². The SMILES string of the molecule is CC/C(=N/NC(=O)Cc1cccc2ccccc12)c1ccccc1O. The van der Waals surface area contributed by atoms with Crippen molar-refractivity contribution in [1.29, 1.82) is 0 Å². The zero-order valence-corrected chi connectivity index (χ0v) is 14.1. The van der Waals surface area contributed by atoms with Crippen molar-refractivity contribution >= 4 is 22.4 Å². The first-order valence-corrected chi connectivity index (χ1v) is 8.29. The van der Waals surface area contributed by atoms with Gasteiger partial charge in [0.25, 0.3) is 0 Å². The third-order valence-corrected chi connectivity index (χ3v) is 4.10. The number of rotatable bonds is 5. The fourth-order valence-electron chi connectivity index (χ4n) is 2.84. The van der Waals surface area contributed by atoms with E-state index in [4.69, 9.17) is 0 Å². The van der Waals surface area contributed by atoms with E-state index in [9.17, 15) is 9.90 Å². The number of hydrogen-bond donors (Lipinski definition) is 2. The Labute approximate surface area is 146 Å².